The number of carbonyl (C=O) groups excluding carboxylic acids is 1. The fourth-order valence-electron chi connectivity index (χ4n) is 3.26. The Balaban J connectivity index is 1.93. The van der Waals surface area contributed by atoms with Gasteiger partial charge in [0.2, 0.25) is 11.6 Å². The summed E-state index contributed by atoms with van der Waals surface area (Å²) < 4.78 is 23.5. The van der Waals surface area contributed by atoms with Crippen LogP contribution in [0, 0.1) is 18.3 Å². The molecule has 156 valence electrons. The summed E-state index contributed by atoms with van der Waals surface area (Å²) >= 11 is 0. The number of amides is 1. The van der Waals surface area contributed by atoms with Gasteiger partial charge in [0.05, 0.1) is 27.4 Å². The molecule has 0 unspecified atom stereocenters. The first-order valence-electron chi connectivity index (χ1n) is 9.22. The number of nitriles is 1. The summed E-state index contributed by atoms with van der Waals surface area (Å²) in [6.07, 6.45) is 3.50. The zero-order valence-corrected chi connectivity index (χ0v) is 17.5. The molecular weight excluding hydrogens is 386 g/mol. The molecule has 0 radical (unpaired) electrons. The molecule has 3 rings (SSSR count). The van der Waals surface area contributed by atoms with Crippen molar-refractivity contribution in [1.29, 1.82) is 5.26 Å². The smallest absolute Gasteiger partial charge is 0.256 e. The Hall–Kier alpha value is -3.86. The molecule has 0 bridgehead atoms. The minimum Gasteiger partial charge on any atom is -0.493 e. The maximum atomic E-state index is 13.0. The van der Waals surface area contributed by atoms with E-state index in [1.54, 1.807) is 36.0 Å². The van der Waals surface area contributed by atoms with Gasteiger partial charge in [-0.2, -0.15) is 5.26 Å². The number of methoxy groups -OCH3 is 3. The first-order chi connectivity index (χ1) is 14.4. The van der Waals surface area contributed by atoms with Gasteiger partial charge in [-0.25, -0.2) is 0 Å². The maximum absolute atomic E-state index is 13.0. The Labute approximate surface area is 174 Å². The summed E-state index contributed by atoms with van der Waals surface area (Å²) in [5.74, 6) is 1.71. The largest absolute Gasteiger partial charge is 0.493 e. The molecule has 8 nitrogen and oxygen atoms in total. The molecule has 0 aliphatic carbocycles. The molecule has 3 aromatic rings. The number of nitrogens with zero attached hydrogens (tertiary/aromatic N) is 2. The third-order valence-corrected chi connectivity index (χ3v) is 4.78. The van der Waals surface area contributed by atoms with Crippen LogP contribution in [0.4, 0.5) is 0 Å². The highest BCUT2D eigenvalue weighted by Crippen LogP contribution is 2.39. The highest BCUT2D eigenvalue weighted by atomic mass is 16.5. The van der Waals surface area contributed by atoms with Crippen LogP contribution in [0.15, 0.2) is 41.1 Å². The monoisotopic (exact) mass is 409 g/mol. The van der Waals surface area contributed by atoms with Crippen LogP contribution in [-0.2, 0) is 0 Å². The van der Waals surface area contributed by atoms with Crippen molar-refractivity contribution in [3.8, 4) is 29.2 Å². The minimum absolute atomic E-state index is 0.179. The van der Waals surface area contributed by atoms with E-state index in [9.17, 15) is 10.1 Å². The van der Waals surface area contributed by atoms with Crippen LogP contribution in [0.25, 0.3) is 5.88 Å². The summed E-state index contributed by atoms with van der Waals surface area (Å²) in [6, 6.07) is 8.85. The average Bonchev–Trinajstić information content (AvgIpc) is 3.39. The molecule has 8 heteroatoms. The van der Waals surface area contributed by atoms with Gasteiger partial charge in [0.25, 0.3) is 5.91 Å². The summed E-state index contributed by atoms with van der Waals surface area (Å²) in [4.78, 5) is 13.0. The summed E-state index contributed by atoms with van der Waals surface area (Å²) in [7, 11) is 4.58. The van der Waals surface area contributed by atoms with Gasteiger partial charge in [0.1, 0.15) is 23.0 Å². The fourth-order valence-corrected chi connectivity index (χ4v) is 3.26. The first-order valence-corrected chi connectivity index (χ1v) is 9.22. The zero-order valence-electron chi connectivity index (χ0n) is 17.5. The molecular formula is C22H23N3O5. The predicted octanol–water partition coefficient (Wildman–Crippen LogP) is 3.77. The van der Waals surface area contributed by atoms with Crippen LogP contribution < -0.4 is 19.5 Å². The molecule has 0 aliphatic heterocycles. The van der Waals surface area contributed by atoms with Gasteiger partial charge in [-0.3, -0.25) is 9.36 Å². The van der Waals surface area contributed by atoms with E-state index in [4.69, 9.17) is 18.6 Å². The molecule has 1 atom stereocenters. The van der Waals surface area contributed by atoms with E-state index in [2.05, 4.69) is 11.4 Å². The Bertz CT molecular complexity index is 1070. The van der Waals surface area contributed by atoms with E-state index in [0.717, 1.165) is 5.56 Å². The number of ether oxygens (including phenoxy) is 3. The summed E-state index contributed by atoms with van der Waals surface area (Å²) in [5.41, 5.74) is 1.14. The molecule has 0 aliphatic rings. The van der Waals surface area contributed by atoms with Gasteiger partial charge in [-0.05, 0) is 43.7 Å². The standard InChI is InChI=1S/C22H23N3O5/c1-13(15-10-17(27-3)20(29-5)18(11-15)28-4)24-21(26)19-14(2)30-22(16(19)12-23)25-8-6-7-9-25/h6-11,13H,1-5H3,(H,24,26)/t13-/m0/s1. The van der Waals surface area contributed by atoms with Crippen molar-refractivity contribution in [2.75, 3.05) is 21.3 Å². The van der Waals surface area contributed by atoms with Crippen LogP contribution in [0.3, 0.4) is 0 Å². The fraction of sp³-hybridized carbons (Fsp3) is 0.273. The lowest BCUT2D eigenvalue weighted by Gasteiger charge is -2.18. The number of benzene rings is 1. The number of carbonyl (C=O) groups is 1. The quantitative estimate of drug-likeness (QED) is 0.638. The van der Waals surface area contributed by atoms with Crippen LogP contribution in [0.2, 0.25) is 0 Å². The number of hydrogen-bond acceptors (Lipinski definition) is 6. The van der Waals surface area contributed by atoms with Crippen molar-refractivity contribution in [3.05, 3.63) is 59.1 Å². The van der Waals surface area contributed by atoms with E-state index < -0.39 is 11.9 Å². The van der Waals surface area contributed by atoms with E-state index in [1.165, 1.54) is 21.3 Å². The van der Waals surface area contributed by atoms with Gasteiger partial charge in [0.15, 0.2) is 11.5 Å². The highest BCUT2D eigenvalue weighted by Gasteiger charge is 2.26. The molecule has 1 aromatic carbocycles. The molecule has 2 aromatic heterocycles. The lowest BCUT2D eigenvalue weighted by Crippen LogP contribution is -2.27. The van der Waals surface area contributed by atoms with Gasteiger partial charge in [0, 0.05) is 12.4 Å². The molecule has 1 amide bonds. The van der Waals surface area contributed by atoms with E-state index in [-0.39, 0.29) is 11.1 Å². The molecule has 0 saturated heterocycles. The van der Waals surface area contributed by atoms with E-state index >= 15 is 0 Å². The van der Waals surface area contributed by atoms with Crippen molar-refractivity contribution >= 4 is 5.91 Å². The molecule has 30 heavy (non-hydrogen) atoms. The molecule has 0 saturated carbocycles. The van der Waals surface area contributed by atoms with Crippen molar-refractivity contribution in [2.45, 2.75) is 19.9 Å². The number of aromatic nitrogens is 1. The number of rotatable bonds is 7. The van der Waals surface area contributed by atoms with Crippen molar-refractivity contribution in [1.82, 2.24) is 9.88 Å². The number of nitrogens with one attached hydrogen (secondary N) is 1. The zero-order chi connectivity index (χ0) is 21.8. The third-order valence-electron chi connectivity index (χ3n) is 4.78. The molecule has 0 fully saturated rings. The van der Waals surface area contributed by atoms with Crippen LogP contribution in [0.1, 0.15) is 40.2 Å². The molecule has 1 N–H and O–H groups in total. The minimum atomic E-state index is -0.410. The Kier molecular flexibility index (Phi) is 6.02. The average molecular weight is 409 g/mol. The van der Waals surface area contributed by atoms with Crippen LogP contribution in [0.5, 0.6) is 17.2 Å². The van der Waals surface area contributed by atoms with Crippen molar-refractivity contribution in [2.24, 2.45) is 0 Å². The van der Waals surface area contributed by atoms with Crippen LogP contribution in [-0.4, -0.2) is 31.8 Å². The van der Waals surface area contributed by atoms with Gasteiger partial charge >= 0.3 is 0 Å². The number of furan rings is 1. The maximum Gasteiger partial charge on any atom is 0.256 e. The van der Waals surface area contributed by atoms with E-state index in [1.807, 2.05) is 19.1 Å². The number of aryl methyl sites for hydroxylation is 1. The molecule has 2 heterocycles. The third kappa shape index (κ3) is 3.70. The molecule has 0 spiro atoms. The number of hydrogen-bond donors (Lipinski definition) is 1. The SMILES string of the molecule is COc1cc([C@H](C)NC(=O)c2c(C)oc(-n3cccc3)c2C#N)cc(OC)c1OC. The lowest BCUT2D eigenvalue weighted by molar-refractivity contribution is 0.0938. The summed E-state index contributed by atoms with van der Waals surface area (Å²) in [6.45, 7) is 3.49. The van der Waals surface area contributed by atoms with E-state index in [0.29, 0.717) is 28.9 Å². The van der Waals surface area contributed by atoms with Crippen molar-refractivity contribution in [3.63, 3.8) is 0 Å². The lowest BCUT2D eigenvalue weighted by atomic mass is 10.1. The topological polar surface area (TPSA) is 98.7 Å². The van der Waals surface area contributed by atoms with Crippen molar-refractivity contribution < 1.29 is 23.4 Å². The Morgan fingerprint density at radius 2 is 1.73 bits per heavy atom. The van der Waals surface area contributed by atoms with Gasteiger partial charge in [-0.15, -0.1) is 0 Å². The Morgan fingerprint density at radius 3 is 2.23 bits per heavy atom. The normalized spacial score (nSPS) is 11.5. The second kappa shape index (κ2) is 8.66. The van der Waals surface area contributed by atoms with Gasteiger partial charge in [-0.1, -0.05) is 0 Å². The highest BCUT2D eigenvalue weighted by molar-refractivity contribution is 5.98. The van der Waals surface area contributed by atoms with Gasteiger partial charge < -0.3 is 23.9 Å². The Morgan fingerprint density at radius 1 is 1.13 bits per heavy atom. The summed E-state index contributed by atoms with van der Waals surface area (Å²) in [5, 5.41) is 12.6. The second-order valence-electron chi connectivity index (χ2n) is 6.57. The second-order valence-corrected chi connectivity index (χ2v) is 6.57. The van der Waals surface area contributed by atoms with Crippen LogP contribution >= 0.6 is 0 Å². The first kappa shape index (κ1) is 20.9. The predicted molar refractivity (Wildman–Crippen MR) is 109 cm³/mol.